The van der Waals surface area contributed by atoms with Crippen LogP contribution in [0.3, 0.4) is 0 Å². The molecule has 0 spiro atoms. The molecule has 13 heavy (non-hydrogen) atoms. The molecule has 0 aliphatic carbocycles. The van der Waals surface area contributed by atoms with Crippen LogP contribution in [0.25, 0.3) is 0 Å². The summed E-state index contributed by atoms with van der Waals surface area (Å²) in [5.41, 5.74) is -0.354. The monoisotopic (exact) mass is 262 g/mol. The fourth-order valence-electron chi connectivity index (χ4n) is 1.46. The van der Waals surface area contributed by atoms with E-state index in [9.17, 15) is 5.11 Å². The van der Waals surface area contributed by atoms with E-state index in [-0.39, 0.29) is 10.4 Å². The summed E-state index contributed by atoms with van der Waals surface area (Å²) in [7, 11) is 0. The molecule has 72 valence electrons. The third-order valence-corrected chi connectivity index (χ3v) is 4.81. The summed E-state index contributed by atoms with van der Waals surface area (Å²) in [5, 5.41) is 11.9. The van der Waals surface area contributed by atoms with Crippen molar-refractivity contribution in [3.63, 3.8) is 0 Å². The van der Waals surface area contributed by atoms with E-state index in [0.29, 0.717) is 0 Å². The van der Waals surface area contributed by atoms with Crippen LogP contribution in [0.15, 0.2) is 11.4 Å². The molecule has 0 fully saturated rings. The van der Waals surface area contributed by atoms with E-state index in [0.717, 1.165) is 10.6 Å². The molecular weight excluding hydrogens is 252 g/mol. The minimum atomic E-state index is -0.459. The lowest BCUT2D eigenvalue weighted by Crippen LogP contribution is -2.44. The predicted octanol–water partition coefficient (Wildman–Crippen LogP) is 2.72. The summed E-state index contributed by atoms with van der Waals surface area (Å²) >= 11 is 4.99. The van der Waals surface area contributed by atoms with E-state index < -0.39 is 6.10 Å². The van der Waals surface area contributed by atoms with Crippen molar-refractivity contribution in [1.29, 1.82) is 0 Å². The number of alkyl halides is 1. The molecule has 0 aromatic carbocycles. The van der Waals surface area contributed by atoms with Gasteiger partial charge >= 0.3 is 0 Å². The minimum Gasteiger partial charge on any atom is -0.485 e. The van der Waals surface area contributed by atoms with Gasteiger partial charge in [0.1, 0.15) is 17.5 Å². The summed E-state index contributed by atoms with van der Waals surface area (Å²) in [6, 6.07) is 1.91. The highest BCUT2D eigenvalue weighted by Gasteiger charge is 2.42. The van der Waals surface area contributed by atoms with Crippen molar-refractivity contribution < 1.29 is 9.84 Å². The molecule has 2 nitrogen and oxygen atoms in total. The number of thiophene rings is 1. The fourth-order valence-corrected chi connectivity index (χ4v) is 2.83. The van der Waals surface area contributed by atoms with Crippen molar-refractivity contribution in [2.45, 2.75) is 30.4 Å². The minimum absolute atomic E-state index is 0.0499. The Morgan fingerprint density at radius 3 is 3.00 bits per heavy atom. The maximum Gasteiger partial charge on any atom is 0.136 e. The number of hydrogen-bond donors (Lipinski definition) is 1. The van der Waals surface area contributed by atoms with Gasteiger partial charge in [0.2, 0.25) is 0 Å². The van der Waals surface area contributed by atoms with E-state index >= 15 is 0 Å². The van der Waals surface area contributed by atoms with E-state index in [1.807, 2.05) is 25.3 Å². The molecule has 2 rings (SSSR count). The molecule has 1 N–H and O–H groups in total. The van der Waals surface area contributed by atoms with Crippen molar-refractivity contribution in [1.82, 2.24) is 0 Å². The van der Waals surface area contributed by atoms with Crippen molar-refractivity contribution in [3.8, 4) is 5.75 Å². The van der Waals surface area contributed by atoms with Crippen LogP contribution in [-0.4, -0.2) is 15.5 Å². The van der Waals surface area contributed by atoms with Crippen molar-refractivity contribution in [2.75, 3.05) is 0 Å². The van der Waals surface area contributed by atoms with Crippen LogP contribution in [-0.2, 0) is 0 Å². The van der Waals surface area contributed by atoms with Gasteiger partial charge in [0.05, 0.1) is 9.70 Å². The smallest absolute Gasteiger partial charge is 0.136 e. The Labute approximate surface area is 89.7 Å². The van der Waals surface area contributed by atoms with Gasteiger partial charge in [0.25, 0.3) is 0 Å². The number of halogens is 1. The van der Waals surface area contributed by atoms with Crippen LogP contribution in [0.1, 0.15) is 24.8 Å². The molecule has 2 atom stereocenters. The molecular formula is C9H11BrO2S. The molecule has 1 aromatic rings. The summed E-state index contributed by atoms with van der Waals surface area (Å²) < 4.78 is 5.75. The molecule has 0 saturated heterocycles. The van der Waals surface area contributed by atoms with Gasteiger partial charge in [-0.1, -0.05) is 15.9 Å². The molecule has 4 heteroatoms. The summed E-state index contributed by atoms with van der Waals surface area (Å²) in [5.74, 6) is 0.818. The number of rotatable bonds is 0. The summed E-state index contributed by atoms with van der Waals surface area (Å²) in [4.78, 5) is 0.868. The maximum absolute atomic E-state index is 9.94. The van der Waals surface area contributed by atoms with Crippen LogP contribution in [0.4, 0.5) is 0 Å². The molecule has 0 saturated carbocycles. The summed E-state index contributed by atoms with van der Waals surface area (Å²) in [6.45, 7) is 3.94. The number of hydrogen-bond acceptors (Lipinski definition) is 3. The first-order valence-corrected chi connectivity index (χ1v) is 5.90. The van der Waals surface area contributed by atoms with E-state index in [1.165, 1.54) is 11.3 Å². The van der Waals surface area contributed by atoms with Gasteiger partial charge in [-0.25, -0.2) is 0 Å². The lowest BCUT2D eigenvalue weighted by Gasteiger charge is -2.38. The van der Waals surface area contributed by atoms with Crippen molar-refractivity contribution >= 4 is 27.3 Å². The fraction of sp³-hybridized carbons (Fsp3) is 0.556. The SMILES string of the molecule is CC1(C)Oc2ccsc2C(O)C1Br. The van der Waals surface area contributed by atoms with Gasteiger partial charge in [-0.3, -0.25) is 0 Å². The molecule has 0 bridgehead atoms. The Morgan fingerprint density at radius 1 is 1.62 bits per heavy atom. The molecule has 0 amide bonds. The van der Waals surface area contributed by atoms with Gasteiger partial charge in [0.15, 0.2) is 0 Å². The number of ether oxygens (including phenoxy) is 1. The summed E-state index contributed by atoms with van der Waals surface area (Å²) in [6.07, 6.45) is -0.459. The van der Waals surface area contributed by atoms with Crippen LogP contribution >= 0.6 is 27.3 Å². The van der Waals surface area contributed by atoms with Gasteiger partial charge in [-0.2, -0.15) is 0 Å². The zero-order valence-electron chi connectivity index (χ0n) is 7.45. The number of aliphatic hydroxyl groups is 1. The standard InChI is InChI=1S/C9H11BrO2S/c1-9(2)8(10)6(11)7-5(12-9)3-4-13-7/h3-4,6,8,11H,1-2H3. The lowest BCUT2D eigenvalue weighted by atomic mass is 9.96. The van der Waals surface area contributed by atoms with Gasteiger partial charge in [0, 0.05) is 0 Å². The molecule has 1 aromatic heterocycles. The maximum atomic E-state index is 9.94. The molecule has 2 unspecified atom stereocenters. The Kier molecular flexibility index (Phi) is 2.17. The second kappa shape index (κ2) is 2.97. The van der Waals surface area contributed by atoms with Crippen molar-refractivity contribution in [3.05, 3.63) is 16.3 Å². The molecule has 1 aliphatic rings. The highest BCUT2D eigenvalue weighted by Crippen LogP contribution is 2.45. The first-order valence-electron chi connectivity index (χ1n) is 4.11. The number of fused-ring (bicyclic) bond motifs is 1. The first kappa shape index (κ1) is 9.49. The molecule has 0 radical (unpaired) electrons. The van der Waals surface area contributed by atoms with Crippen LogP contribution in [0.2, 0.25) is 0 Å². The largest absolute Gasteiger partial charge is 0.485 e. The van der Waals surface area contributed by atoms with Crippen LogP contribution < -0.4 is 4.74 Å². The lowest BCUT2D eigenvalue weighted by molar-refractivity contribution is 0.0256. The Bertz CT molecular complexity index is 321. The van der Waals surface area contributed by atoms with Crippen LogP contribution in [0.5, 0.6) is 5.75 Å². The quantitative estimate of drug-likeness (QED) is 0.729. The van der Waals surface area contributed by atoms with E-state index in [1.54, 1.807) is 0 Å². The normalized spacial score (nSPS) is 30.8. The third kappa shape index (κ3) is 1.41. The average Bonchev–Trinajstić information content (AvgIpc) is 2.47. The van der Waals surface area contributed by atoms with Gasteiger partial charge in [-0.05, 0) is 25.3 Å². The van der Waals surface area contributed by atoms with E-state index in [4.69, 9.17) is 4.74 Å². The second-order valence-corrected chi connectivity index (χ2v) is 5.64. The molecule has 1 aliphatic heterocycles. The zero-order valence-corrected chi connectivity index (χ0v) is 9.85. The second-order valence-electron chi connectivity index (χ2n) is 3.70. The Hall–Kier alpha value is -0.0600. The Balaban J connectivity index is 2.44. The highest BCUT2D eigenvalue weighted by atomic mass is 79.9. The van der Waals surface area contributed by atoms with E-state index in [2.05, 4.69) is 15.9 Å². The zero-order chi connectivity index (χ0) is 9.64. The first-order chi connectivity index (χ1) is 6.02. The third-order valence-electron chi connectivity index (χ3n) is 2.24. The topological polar surface area (TPSA) is 29.5 Å². The highest BCUT2D eigenvalue weighted by molar-refractivity contribution is 9.09. The molecule has 2 heterocycles. The number of aliphatic hydroxyl groups excluding tert-OH is 1. The van der Waals surface area contributed by atoms with Crippen molar-refractivity contribution in [2.24, 2.45) is 0 Å². The Morgan fingerprint density at radius 2 is 2.31 bits per heavy atom. The average molecular weight is 263 g/mol. The van der Waals surface area contributed by atoms with Gasteiger partial charge < -0.3 is 9.84 Å². The predicted molar refractivity (Wildman–Crippen MR) is 56.7 cm³/mol. The van der Waals surface area contributed by atoms with Gasteiger partial charge in [-0.15, -0.1) is 11.3 Å². The van der Waals surface area contributed by atoms with Crippen LogP contribution in [0, 0.1) is 0 Å².